The van der Waals surface area contributed by atoms with Crippen molar-refractivity contribution in [3.8, 4) is 0 Å². The Bertz CT molecular complexity index is 899. The molecular formula is C23H26F3N3O2. The van der Waals surface area contributed by atoms with Crippen LogP contribution < -0.4 is 10.2 Å². The number of benzene rings is 2. The van der Waals surface area contributed by atoms with Gasteiger partial charge in [0.1, 0.15) is 0 Å². The number of rotatable bonds is 5. The summed E-state index contributed by atoms with van der Waals surface area (Å²) in [6.07, 6.45) is -2.54. The van der Waals surface area contributed by atoms with E-state index in [-0.39, 0.29) is 24.2 Å². The zero-order chi connectivity index (χ0) is 21.8. The molecule has 0 unspecified atom stereocenters. The van der Waals surface area contributed by atoms with E-state index in [1.54, 1.807) is 0 Å². The lowest BCUT2D eigenvalue weighted by molar-refractivity contribution is -0.137. The number of amides is 1. The van der Waals surface area contributed by atoms with Crippen LogP contribution in [0.5, 0.6) is 0 Å². The molecule has 0 radical (unpaired) electrons. The molecule has 2 aromatic carbocycles. The summed E-state index contributed by atoms with van der Waals surface area (Å²) in [5.74, 6) is -0.309. The van der Waals surface area contributed by atoms with Crippen molar-refractivity contribution in [2.24, 2.45) is 0 Å². The van der Waals surface area contributed by atoms with Crippen LogP contribution in [0.2, 0.25) is 0 Å². The highest BCUT2D eigenvalue weighted by atomic mass is 19.4. The molecule has 2 aromatic rings. The summed E-state index contributed by atoms with van der Waals surface area (Å²) in [7, 11) is 0. The molecule has 1 amide bonds. The number of hydrogen-bond donors (Lipinski definition) is 1. The Kier molecular flexibility index (Phi) is 6.48. The number of alkyl halides is 3. The maximum absolute atomic E-state index is 13.3. The summed E-state index contributed by atoms with van der Waals surface area (Å²) >= 11 is 0. The molecule has 0 bridgehead atoms. The number of morpholine rings is 1. The van der Waals surface area contributed by atoms with Crippen LogP contribution >= 0.6 is 0 Å². The number of likely N-dealkylation sites (tertiary alicyclic amines) is 1. The van der Waals surface area contributed by atoms with Crippen LogP contribution in [0, 0.1) is 0 Å². The highest BCUT2D eigenvalue weighted by molar-refractivity contribution is 5.96. The van der Waals surface area contributed by atoms with Gasteiger partial charge in [0.25, 0.3) is 0 Å². The smallest absolute Gasteiger partial charge is 0.378 e. The number of carbonyl (C=O) groups excluding carboxylic acids is 1. The van der Waals surface area contributed by atoms with Crippen LogP contribution in [-0.2, 0) is 15.7 Å². The number of halogens is 3. The van der Waals surface area contributed by atoms with E-state index in [0.717, 1.165) is 37.1 Å². The van der Waals surface area contributed by atoms with E-state index in [1.807, 2.05) is 35.2 Å². The summed E-state index contributed by atoms with van der Waals surface area (Å²) in [4.78, 5) is 16.9. The molecule has 31 heavy (non-hydrogen) atoms. The maximum atomic E-state index is 13.3. The molecule has 0 aliphatic carbocycles. The maximum Gasteiger partial charge on any atom is 0.416 e. The largest absolute Gasteiger partial charge is 0.416 e. The van der Waals surface area contributed by atoms with Gasteiger partial charge in [-0.2, -0.15) is 13.2 Å². The Morgan fingerprint density at radius 1 is 1.06 bits per heavy atom. The van der Waals surface area contributed by atoms with E-state index in [2.05, 4.69) is 10.2 Å². The SMILES string of the molecule is O=C(CN1CCC[C@@H]1c1ccccc1)Nc1cc(C(F)(F)F)ccc1N1CCOCC1. The van der Waals surface area contributed by atoms with Crippen LogP contribution in [0.3, 0.4) is 0 Å². The molecule has 1 N–H and O–H groups in total. The first-order valence-corrected chi connectivity index (χ1v) is 10.5. The van der Waals surface area contributed by atoms with Crippen LogP contribution in [0.4, 0.5) is 24.5 Å². The number of anilines is 2. The second kappa shape index (κ2) is 9.28. The fourth-order valence-electron chi connectivity index (χ4n) is 4.33. The number of hydrogen-bond acceptors (Lipinski definition) is 4. The third kappa shape index (κ3) is 5.19. The van der Waals surface area contributed by atoms with Crippen LogP contribution in [0.25, 0.3) is 0 Å². The molecule has 166 valence electrons. The van der Waals surface area contributed by atoms with Crippen molar-refractivity contribution >= 4 is 17.3 Å². The molecule has 0 saturated carbocycles. The lowest BCUT2D eigenvalue weighted by atomic mass is 10.0. The highest BCUT2D eigenvalue weighted by Crippen LogP contribution is 2.36. The van der Waals surface area contributed by atoms with Gasteiger partial charge in [0.05, 0.1) is 36.7 Å². The van der Waals surface area contributed by atoms with Crippen LogP contribution in [-0.4, -0.2) is 50.2 Å². The molecule has 2 aliphatic heterocycles. The minimum absolute atomic E-state index is 0.137. The summed E-state index contributed by atoms with van der Waals surface area (Å²) < 4.78 is 45.2. The van der Waals surface area contributed by atoms with Crippen molar-refractivity contribution in [3.63, 3.8) is 0 Å². The van der Waals surface area contributed by atoms with E-state index in [0.29, 0.717) is 32.0 Å². The van der Waals surface area contributed by atoms with E-state index in [4.69, 9.17) is 4.74 Å². The predicted octanol–water partition coefficient (Wildman–Crippen LogP) is 4.32. The Labute approximate surface area is 179 Å². The molecule has 1 atom stereocenters. The molecule has 5 nitrogen and oxygen atoms in total. The number of carbonyl (C=O) groups is 1. The highest BCUT2D eigenvalue weighted by Gasteiger charge is 2.32. The summed E-state index contributed by atoms with van der Waals surface area (Å²) in [6.45, 7) is 3.05. The molecule has 0 aromatic heterocycles. The summed E-state index contributed by atoms with van der Waals surface area (Å²) in [6, 6.07) is 13.7. The van der Waals surface area contributed by atoms with E-state index in [9.17, 15) is 18.0 Å². The molecule has 8 heteroatoms. The zero-order valence-electron chi connectivity index (χ0n) is 17.2. The predicted molar refractivity (Wildman–Crippen MR) is 113 cm³/mol. The van der Waals surface area contributed by atoms with Crippen molar-refractivity contribution in [1.82, 2.24) is 4.90 Å². The number of nitrogens with one attached hydrogen (secondary N) is 1. The first kappa shape index (κ1) is 21.6. The fraction of sp³-hybridized carbons (Fsp3) is 0.435. The normalized spacial score (nSPS) is 20.1. The third-order valence-corrected chi connectivity index (χ3v) is 5.84. The van der Waals surface area contributed by atoms with Crippen molar-refractivity contribution in [2.75, 3.05) is 49.6 Å². The molecular weight excluding hydrogens is 407 g/mol. The van der Waals surface area contributed by atoms with Gasteiger partial charge in [-0.1, -0.05) is 30.3 Å². The van der Waals surface area contributed by atoms with Crippen molar-refractivity contribution in [2.45, 2.75) is 25.1 Å². The van der Waals surface area contributed by atoms with Gasteiger partial charge >= 0.3 is 6.18 Å². The average Bonchev–Trinajstić information content (AvgIpc) is 3.22. The second-order valence-electron chi connectivity index (χ2n) is 7.92. The number of ether oxygens (including phenoxy) is 1. The minimum Gasteiger partial charge on any atom is -0.378 e. The summed E-state index contributed by atoms with van der Waals surface area (Å²) in [5.41, 5.74) is 1.16. The molecule has 2 aliphatic rings. The minimum atomic E-state index is -4.48. The standard InChI is InChI=1S/C23H26F3N3O2/c24-23(25,26)18-8-9-21(28-11-13-31-14-12-28)19(15-18)27-22(30)16-29-10-4-7-20(29)17-5-2-1-3-6-17/h1-3,5-6,8-9,15,20H,4,7,10-14,16H2,(H,27,30)/t20-/m1/s1. The topological polar surface area (TPSA) is 44.8 Å². The van der Waals surface area contributed by atoms with Gasteiger partial charge in [-0.3, -0.25) is 9.69 Å². The van der Waals surface area contributed by atoms with E-state index in [1.165, 1.54) is 6.07 Å². The lowest BCUT2D eigenvalue weighted by Crippen LogP contribution is -2.37. The zero-order valence-corrected chi connectivity index (χ0v) is 17.2. The summed E-state index contributed by atoms with van der Waals surface area (Å²) in [5, 5.41) is 2.76. The van der Waals surface area contributed by atoms with Gasteiger partial charge in [-0.05, 0) is 43.1 Å². The van der Waals surface area contributed by atoms with E-state index >= 15 is 0 Å². The van der Waals surface area contributed by atoms with Gasteiger partial charge in [-0.15, -0.1) is 0 Å². The Morgan fingerprint density at radius 3 is 2.52 bits per heavy atom. The van der Waals surface area contributed by atoms with Crippen LogP contribution in [0.1, 0.15) is 30.0 Å². The van der Waals surface area contributed by atoms with Gasteiger partial charge in [0, 0.05) is 19.1 Å². The third-order valence-electron chi connectivity index (χ3n) is 5.84. The van der Waals surface area contributed by atoms with Gasteiger partial charge in [0.2, 0.25) is 5.91 Å². The first-order valence-electron chi connectivity index (χ1n) is 10.5. The first-order chi connectivity index (χ1) is 14.9. The van der Waals surface area contributed by atoms with Gasteiger partial charge in [-0.25, -0.2) is 0 Å². The van der Waals surface area contributed by atoms with Gasteiger partial charge < -0.3 is 15.0 Å². The number of nitrogens with zero attached hydrogens (tertiary/aromatic N) is 2. The fourth-order valence-corrected chi connectivity index (χ4v) is 4.33. The molecule has 2 saturated heterocycles. The average molecular weight is 433 g/mol. The molecule has 0 spiro atoms. The quantitative estimate of drug-likeness (QED) is 0.763. The van der Waals surface area contributed by atoms with Crippen molar-refractivity contribution < 1.29 is 22.7 Å². The Hall–Kier alpha value is -2.58. The van der Waals surface area contributed by atoms with Crippen molar-refractivity contribution in [1.29, 1.82) is 0 Å². The molecule has 4 rings (SSSR count). The Balaban J connectivity index is 1.52. The lowest BCUT2D eigenvalue weighted by Gasteiger charge is -2.31. The second-order valence-corrected chi connectivity index (χ2v) is 7.92. The molecule has 2 heterocycles. The van der Waals surface area contributed by atoms with Gasteiger partial charge in [0.15, 0.2) is 0 Å². The van der Waals surface area contributed by atoms with E-state index < -0.39 is 11.7 Å². The molecule has 2 fully saturated rings. The van der Waals surface area contributed by atoms with Crippen LogP contribution in [0.15, 0.2) is 48.5 Å². The Morgan fingerprint density at radius 2 is 1.81 bits per heavy atom. The monoisotopic (exact) mass is 433 g/mol. The van der Waals surface area contributed by atoms with Crippen molar-refractivity contribution in [3.05, 3.63) is 59.7 Å².